The molecule has 2 fully saturated rings. The molecule has 0 amide bonds. The van der Waals surface area contributed by atoms with Crippen molar-refractivity contribution in [3.63, 3.8) is 0 Å². The average Bonchev–Trinajstić information content (AvgIpc) is 3.21. The first-order valence-electron chi connectivity index (χ1n) is 10.4. The largest absolute Gasteiger partial charge is 0.378 e. The van der Waals surface area contributed by atoms with Crippen LogP contribution in [0.15, 0.2) is 33.9 Å². The van der Waals surface area contributed by atoms with Gasteiger partial charge in [0.15, 0.2) is 0 Å². The van der Waals surface area contributed by atoms with Gasteiger partial charge in [-0.05, 0) is 45.1 Å². The fraction of sp³-hybridized carbons (Fsp3) is 0.545. The quantitative estimate of drug-likeness (QED) is 0.730. The maximum atomic E-state index is 12.3. The predicted octanol–water partition coefficient (Wildman–Crippen LogP) is 2.55. The van der Waals surface area contributed by atoms with Crippen LogP contribution in [0.25, 0.3) is 0 Å². The first-order valence-corrected chi connectivity index (χ1v) is 10.8. The van der Waals surface area contributed by atoms with Gasteiger partial charge < -0.3 is 20.0 Å². The number of anilines is 3. The molecule has 1 aliphatic heterocycles. The van der Waals surface area contributed by atoms with Crippen LogP contribution in [-0.2, 0) is 0 Å². The van der Waals surface area contributed by atoms with E-state index in [2.05, 4.69) is 34.1 Å². The topological polar surface area (TPSA) is 55.9 Å². The lowest BCUT2D eigenvalue weighted by molar-refractivity contribution is 0.172. The number of nitrogens with one attached hydrogen (secondary N) is 1. The van der Waals surface area contributed by atoms with Crippen molar-refractivity contribution in [3.05, 3.63) is 49.7 Å². The van der Waals surface area contributed by atoms with Crippen molar-refractivity contribution < 1.29 is 0 Å². The number of halogens is 1. The van der Waals surface area contributed by atoms with Gasteiger partial charge in [-0.1, -0.05) is 30.5 Å². The van der Waals surface area contributed by atoms with Crippen molar-refractivity contribution in [2.45, 2.75) is 31.2 Å². The van der Waals surface area contributed by atoms with Crippen LogP contribution >= 0.6 is 11.6 Å². The minimum absolute atomic E-state index is 0.0717. The maximum absolute atomic E-state index is 12.3. The zero-order chi connectivity index (χ0) is 20.6. The third-order valence-electron chi connectivity index (χ3n) is 6.73. The van der Waals surface area contributed by atoms with Crippen LogP contribution in [-0.4, -0.2) is 57.3 Å². The van der Waals surface area contributed by atoms with Gasteiger partial charge in [0.25, 0.3) is 10.9 Å². The molecule has 0 aromatic heterocycles. The molecular formula is C22H29ClN4O2. The lowest BCUT2D eigenvalue weighted by Crippen LogP contribution is -2.53. The molecule has 7 heteroatoms. The number of likely N-dealkylation sites (N-methyl/N-ethyl adjacent to an activating group) is 1. The Balaban J connectivity index is 1.43. The lowest BCUT2D eigenvalue weighted by Gasteiger charge is -2.39. The minimum Gasteiger partial charge on any atom is -0.378 e. The Labute approximate surface area is 176 Å². The number of hydrogen-bond donors (Lipinski definition) is 1. The second-order valence-electron chi connectivity index (χ2n) is 8.52. The maximum Gasteiger partial charge on any atom is 0.253 e. The number of benzene rings is 1. The Morgan fingerprint density at radius 1 is 1.03 bits per heavy atom. The molecule has 1 N–H and O–H groups in total. The molecule has 6 nitrogen and oxygen atoms in total. The summed E-state index contributed by atoms with van der Waals surface area (Å²) in [6, 6.07) is 7.83. The van der Waals surface area contributed by atoms with Crippen LogP contribution in [0.5, 0.6) is 0 Å². The van der Waals surface area contributed by atoms with Gasteiger partial charge in [-0.3, -0.25) is 9.59 Å². The van der Waals surface area contributed by atoms with Crippen molar-refractivity contribution in [1.29, 1.82) is 0 Å². The first kappa shape index (κ1) is 20.2. The van der Waals surface area contributed by atoms with E-state index in [1.54, 1.807) is 0 Å². The Bertz CT molecular complexity index is 937. The van der Waals surface area contributed by atoms with E-state index >= 15 is 0 Å². The smallest absolute Gasteiger partial charge is 0.253 e. The van der Waals surface area contributed by atoms with E-state index in [0.717, 1.165) is 36.6 Å². The minimum atomic E-state index is -0.371. The summed E-state index contributed by atoms with van der Waals surface area (Å²) in [6.45, 7) is 3.72. The Hall–Kier alpha value is -2.05. The Morgan fingerprint density at radius 2 is 1.69 bits per heavy atom. The molecule has 156 valence electrons. The molecule has 4 rings (SSSR count). The van der Waals surface area contributed by atoms with E-state index in [1.165, 1.54) is 12.8 Å². The third-order valence-corrected chi connectivity index (χ3v) is 6.97. The van der Waals surface area contributed by atoms with E-state index in [0.29, 0.717) is 31.0 Å². The van der Waals surface area contributed by atoms with Gasteiger partial charge in [-0.15, -0.1) is 0 Å². The van der Waals surface area contributed by atoms with Gasteiger partial charge in [0.1, 0.15) is 11.4 Å². The summed E-state index contributed by atoms with van der Waals surface area (Å²) < 4.78 is 0. The van der Waals surface area contributed by atoms with Crippen molar-refractivity contribution in [1.82, 2.24) is 4.90 Å². The highest BCUT2D eigenvalue weighted by Crippen LogP contribution is 2.34. The molecule has 0 bridgehead atoms. The van der Waals surface area contributed by atoms with Crippen LogP contribution < -0.4 is 26.0 Å². The highest BCUT2D eigenvalue weighted by molar-refractivity contribution is 6.30. The lowest BCUT2D eigenvalue weighted by atomic mass is 9.95. The van der Waals surface area contributed by atoms with E-state index in [9.17, 15) is 9.59 Å². The summed E-state index contributed by atoms with van der Waals surface area (Å²) in [6.07, 6.45) is 4.67. The van der Waals surface area contributed by atoms with Crippen LogP contribution in [0.3, 0.4) is 0 Å². The molecular weight excluding hydrogens is 388 g/mol. The first-order chi connectivity index (χ1) is 13.9. The third kappa shape index (κ3) is 3.76. The van der Waals surface area contributed by atoms with Gasteiger partial charge in [-0.2, -0.15) is 0 Å². The monoisotopic (exact) mass is 416 g/mol. The van der Waals surface area contributed by atoms with E-state index in [-0.39, 0.29) is 16.4 Å². The van der Waals surface area contributed by atoms with Crippen molar-refractivity contribution in [3.8, 4) is 0 Å². The molecule has 29 heavy (non-hydrogen) atoms. The molecule has 2 aliphatic rings. The molecule has 0 spiro atoms. The fourth-order valence-corrected chi connectivity index (χ4v) is 4.96. The van der Waals surface area contributed by atoms with Crippen molar-refractivity contribution in [2.24, 2.45) is 0 Å². The van der Waals surface area contributed by atoms with E-state index in [1.807, 2.05) is 24.3 Å². The fourth-order valence-electron chi connectivity index (χ4n) is 4.77. The SMILES string of the molecule is CN(C)C1(CNc2c(N3CCN(c4cccc(Cl)c4)CC3)c(=O)c2=O)CCCC1. The average molecular weight is 417 g/mol. The van der Waals surface area contributed by atoms with E-state index in [4.69, 9.17) is 11.6 Å². The van der Waals surface area contributed by atoms with Gasteiger partial charge in [0.05, 0.1) is 0 Å². The summed E-state index contributed by atoms with van der Waals surface area (Å²) in [5.41, 5.74) is 1.53. The molecule has 1 saturated carbocycles. The molecule has 0 atom stereocenters. The molecule has 1 saturated heterocycles. The number of piperazine rings is 1. The normalized spacial score (nSPS) is 19.3. The van der Waals surface area contributed by atoms with Crippen molar-refractivity contribution >= 4 is 28.7 Å². The summed E-state index contributed by atoms with van der Waals surface area (Å²) in [4.78, 5) is 31.2. The van der Waals surface area contributed by atoms with Crippen molar-refractivity contribution in [2.75, 3.05) is 61.9 Å². The second-order valence-corrected chi connectivity index (χ2v) is 8.95. The summed E-state index contributed by atoms with van der Waals surface area (Å²) in [5.74, 6) is 0. The standard InChI is InChI=1S/C22H29ClN4O2/c1-25(2)22(8-3-4-9-22)15-24-18-19(21(29)20(18)28)27-12-10-26(11-13-27)17-7-5-6-16(23)14-17/h5-7,14,24H,3-4,8-13,15H2,1-2H3. The number of rotatable bonds is 6. The molecule has 0 unspecified atom stereocenters. The summed E-state index contributed by atoms with van der Waals surface area (Å²) >= 11 is 6.11. The molecule has 0 radical (unpaired) electrons. The highest BCUT2D eigenvalue weighted by Gasteiger charge is 2.37. The van der Waals surface area contributed by atoms with Gasteiger partial charge in [0, 0.05) is 49.0 Å². The molecule has 1 heterocycles. The molecule has 2 aromatic rings. The van der Waals surface area contributed by atoms with Gasteiger partial charge in [0.2, 0.25) is 0 Å². The summed E-state index contributed by atoms with van der Waals surface area (Å²) in [7, 11) is 4.20. The van der Waals surface area contributed by atoms with Crippen LogP contribution in [0.1, 0.15) is 25.7 Å². The van der Waals surface area contributed by atoms with Gasteiger partial charge in [-0.25, -0.2) is 0 Å². The van der Waals surface area contributed by atoms with Crippen LogP contribution in [0, 0.1) is 0 Å². The van der Waals surface area contributed by atoms with Crippen LogP contribution in [0.2, 0.25) is 5.02 Å². The van der Waals surface area contributed by atoms with Crippen LogP contribution in [0.4, 0.5) is 17.1 Å². The zero-order valence-electron chi connectivity index (χ0n) is 17.2. The highest BCUT2D eigenvalue weighted by atomic mass is 35.5. The zero-order valence-corrected chi connectivity index (χ0v) is 18.0. The predicted molar refractivity (Wildman–Crippen MR) is 121 cm³/mol. The second kappa shape index (κ2) is 8.00. The summed E-state index contributed by atoms with van der Waals surface area (Å²) in [5, 5.41) is 4.08. The van der Waals surface area contributed by atoms with E-state index < -0.39 is 0 Å². The number of nitrogens with zero attached hydrogens (tertiary/aromatic N) is 3. The Kier molecular flexibility index (Phi) is 5.58. The Morgan fingerprint density at radius 3 is 2.31 bits per heavy atom. The van der Waals surface area contributed by atoms with Gasteiger partial charge >= 0.3 is 0 Å². The number of hydrogen-bond acceptors (Lipinski definition) is 6. The molecule has 1 aliphatic carbocycles. The molecule has 2 aromatic carbocycles.